The molecule has 2 aromatic rings. The van der Waals surface area contributed by atoms with Crippen LogP contribution in [0.15, 0.2) is 42.5 Å². The summed E-state index contributed by atoms with van der Waals surface area (Å²) in [5, 5.41) is 22.6. The molecule has 0 radical (unpaired) electrons. The van der Waals surface area contributed by atoms with Crippen molar-refractivity contribution in [3.8, 4) is 17.2 Å². The standard InChI is InChI=1S/C18H16N2O8/c1-10(17(21)22)16(11-2-7-14-15(8-11)27-9-26-14)19-18(23)28-13-5-3-12(4-6-13)20(24)25/h2-8,10,16H,9H2,1H3,(H,19,23)(H,21,22)/t10?,16-/m0/s1. The van der Waals surface area contributed by atoms with Crippen molar-refractivity contribution >= 4 is 17.7 Å². The molecule has 1 aliphatic heterocycles. The van der Waals surface area contributed by atoms with E-state index in [1.807, 2.05) is 0 Å². The number of nitro groups is 1. The van der Waals surface area contributed by atoms with Crippen molar-refractivity contribution in [2.24, 2.45) is 5.92 Å². The summed E-state index contributed by atoms with van der Waals surface area (Å²) >= 11 is 0. The van der Waals surface area contributed by atoms with Gasteiger partial charge < -0.3 is 24.6 Å². The van der Waals surface area contributed by atoms with E-state index in [0.29, 0.717) is 17.1 Å². The molecule has 0 saturated carbocycles. The van der Waals surface area contributed by atoms with E-state index in [2.05, 4.69) is 5.32 Å². The number of ether oxygens (including phenoxy) is 3. The van der Waals surface area contributed by atoms with Gasteiger partial charge in [0.2, 0.25) is 6.79 Å². The summed E-state index contributed by atoms with van der Waals surface area (Å²) in [6, 6.07) is 8.88. The van der Waals surface area contributed by atoms with Crippen LogP contribution < -0.4 is 19.5 Å². The average Bonchev–Trinajstić information content (AvgIpc) is 3.13. The van der Waals surface area contributed by atoms with Gasteiger partial charge in [-0.25, -0.2) is 4.79 Å². The molecule has 2 N–H and O–H groups in total. The Labute approximate surface area is 158 Å². The van der Waals surface area contributed by atoms with Gasteiger partial charge >= 0.3 is 12.1 Å². The zero-order valence-electron chi connectivity index (χ0n) is 14.7. The molecule has 1 unspecified atom stereocenters. The van der Waals surface area contributed by atoms with Crippen LogP contribution in [0.4, 0.5) is 10.5 Å². The fourth-order valence-electron chi connectivity index (χ4n) is 2.65. The van der Waals surface area contributed by atoms with Gasteiger partial charge in [-0.15, -0.1) is 0 Å². The number of nitrogens with one attached hydrogen (secondary N) is 1. The minimum atomic E-state index is -1.11. The number of rotatable bonds is 6. The monoisotopic (exact) mass is 388 g/mol. The highest BCUT2D eigenvalue weighted by molar-refractivity contribution is 5.75. The Bertz CT molecular complexity index is 912. The molecule has 1 aliphatic rings. The topological polar surface area (TPSA) is 137 Å². The molecule has 0 spiro atoms. The zero-order valence-corrected chi connectivity index (χ0v) is 14.7. The summed E-state index contributed by atoms with van der Waals surface area (Å²) in [7, 11) is 0. The van der Waals surface area contributed by atoms with E-state index in [4.69, 9.17) is 14.2 Å². The van der Waals surface area contributed by atoms with Crippen molar-refractivity contribution in [3.63, 3.8) is 0 Å². The number of carboxylic acid groups (broad SMARTS) is 1. The molecular weight excluding hydrogens is 372 g/mol. The van der Waals surface area contributed by atoms with Crippen molar-refractivity contribution in [1.29, 1.82) is 0 Å². The van der Waals surface area contributed by atoms with Gasteiger partial charge in [-0.2, -0.15) is 0 Å². The van der Waals surface area contributed by atoms with Gasteiger partial charge in [0.25, 0.3) is 5.69 Å². The fourth-order valence-corrected chi connectivity index (χ4v) is 2.65. The molecule has 0 fully saturated rings. The predicted molar refractivity (Wildman–Crippen MR) is 94.4 cm³/mol. The third-order valence-electron chi connectivity index (χ3n) is 4.18. The van der Waals surface area contributed by atoms with Crippen LogP contribution in [0.25, 0.3) is 0 Å². The van der Waals surface area contributed by atoms with E-state index in [9.17, 15) is 24.8 Å². The summed E-state index contributed by atoms with van der Waals surface area (Å²) < 4.78 is 15.6. The highest BCUT2D eigenvalue weighted by Crippen LogP contribution is 2.35. The van der Waals surface area contributed by atoms with Crippen LogP contribution in [0, 0.1) is 16.0 Å². The molecule has 146 valence electrons. The summed E-state index contributed by atoms with van der Waals surface area (Å²) in [4.78, 5) is 33.8. The first kappa shape index (κ1) is 19.0. The van der Waals surface area contributed by atoms with Crippen molar-refractivity contribution in [3.05, 3.63) is 58.1 Å². The lowest BCUT2D eigenvalue weighted by atomic mass is 9.94. The van der Waals surface area contributed by atoms with E-state index in [0.717, 1.165) is 0 Å². The molecule has 1 amide bonds. The van der Waals surface area contributed by atoms with Crippen LogP contribution in [0.2, 0.25) is 0 Å². The van der Waals surface area contributed by atoms with Gasteiger partial charge in [0, 0.05) is 12.1 Å². The van der Waals surface area contributed by atoms with Gasteiger partial charge in [0.1, 0.15) is 5.75 Å². The largest absolute Gasteiger partial charge is 0.481 e. The number of non-ortho nitro benzene ring substituents is 1. The Morgan fingerprint density at radius 1 is 1.18 bits per heavy atom. The Balaban J connectivity index is 1.76. The first-order valence-electron chi connectivity index (χ1n) is 8.20. The number of benzene rings is 2. The predicted octanol–water partition coefficient (Wildman–Crippen LogP) is 2.87. The van der Waals surface area contributed by atoms with Crippen LogP contribution in [0.1, 0.15) is 18.5 Å². The maximum atomic E-state index is 12.3. The molecule has 10 heteroatoms. The minimum absolute atomic E-state index is 0.0630. The number of nitro benzene ring substituents is 1. The third-order valence-corrected chi connectivity index (χ3v) is 4.18. The molecule has 3 rings (SSSR count). The summed E-state index contributed by atoms with van der Waals surface area (Å²) in [5.74, 6) is -1.02. The molecule has 2 aromatic carbocycles. The lowest BCUT2D eigenvalue weighted by Crippen LogP contribution is -2.37. The Hall–Kier alpha value is -3.82. The Morgan fingerprint density at radius 2 is 1.86 bits per heavy atom. The van der Waals surface area contributed by atoms with Gasteiger partial charge in [-0.1, -0.05) is 6.07 Å². The van der Waals surface area contributed by atoms with Gasteiger partial charge in [0.05, 0.1) is 16.9 Å². The maximum absolute atomic E-state index is 12.3. The number of hydrogen-bond acceptors (Lipinski definition) is 7. The molecule has 0 aliphatic carbocycles. The van der Waals surface area contributed by atoms with Gasteiger partial charge in [0.15, 0.2) is 11.5 Å². The normalized spacial score (nSPS) is 14.0. The molecule has 10 nitrogen and oxygen atoms in total. The SMILES string of the molecule is CC(C(=O)O)[C@H](NC(=O)Oc1ccc([N+](=O)[O-])cc1)c1ccc2c(c1)OCO2. The van der Waals surface area contributed by atoms with E-state index < -0.39 is 28.9 Å². The second-order valence-corrected chi connectivity index (χ2v) is 6.00. The first-order valence-corrected chi connectivity index (χ1v) is 8.20. The first-order chi connectivity index (χ1) is 13.3. The molecule has 1 heterocycles. The van der Waals surface area contributed by atoms with Crippen LogP contribution in [0.3, 0.4) is 0 Å². The van der Waals surface area contributed by atoms with Crippen LogP contribution >= 0.6 is 0 Å². The molecule has 0 aromatic heterocycles. The smallest absolute Gasteiger partial charge is 0.413 e. The Morgan fingerprint density at radius 3 is 2.50 bits per heavy atom. The number of fused-ring (bicyclic) bond motifs is 1. The number of carboxylic acids is 1. The van der Waals surface area contributed by atoms with Crippen molar-refractivity contribution in [2.45, 2.75) is 13.0 Å². The van der Waals surface area contributed by atoms with Crippen molar-refractivity contribution in [2.75, 3.05) is 6.79 Å². The van der Waals surface area contributed by atoms with Crippen molar-refractivity contribution in [1.82, 2.24) is 5.32 Å². The Kier molecular flexibility index (Phi) is 5.30. The van der Waals surface area contributed by atoms with E-state index in [1.165, 1.54) is 31.2 Å². The maximum Gasteiger partial charge on any atom is 0.413 e. The fraction of sp³-hybridized carbons (Fsp3) is 0.222. The number of nitrogens with zero attached hydrogens (tertiary/aromatic N) is 1. The van der Waals surface area contributed by atoms with E-state index in [-0.39, 0.29) is 18.2 Å². The summed E-state index contributed by atoms with van der Waals surface area (Å²) in [5.41, 5.74) is 0.352. The lowest BCUT2D eigenvalue weighted by molar-refractivity contribution is -0.384. The number of carbonyl (C=O) groups excluding carboxylic acids is 1. The number of carbonyl (C=O) groups is 2. The second-order valence-electron chi connectivity index (χ2n) is 6.00. The minimum Gasteiger partial charge on any atom is -0.481 e. The highest BCUT2D eigenvalue weighted by Gasteiger charge is 2.29. The molecule has 0 bridgehead atoms. The lowest BCUT2D eigenvalue weighted by Gasteiger charge is -2.22. The van der Waals surface area contributed by atoms with Crippen molar-refractivity contribution < 1.29 is 33.8 Å². The second kappa shape index (κ2) is 7.82. The zero-order chi connectivity index (χ0) is 20.3. The average molecular weight is 388 g/mol. The van der Waals surface area contributed by atoms with Gasteiger partial charge in [-0.05, 0) is 36.8 Å². The molecule has 0 saturated heterocycles. The van der Waals surface area contributed by atoms with Crippen LogP contribution in [0.5, 0.6) is 17.2 Å². The molecular formula is C18H16N2O8. The van der Waals surface area contributed by atoms with E-state index >= 15 is 0 Å². The summed E-state index contributed by atoms with van der Waals surface area (Å²) in [6.07, 6.45) is -0.899. The van der Waals surface area contributed by atoms with Crippen LogP contribution in [-0.2, 0) is 4.79 Å². The van der Waals surface area contributed by atoms with Gasteiger partial charge in [-0.3, -0.25) is 14.9 Å². The quantitative estimate of drug-likeness (QED) is 0.569. The number of aliphatic carboxylic acids is 1. The molecule has 2 atom stereocenters. The van der Waals surface area contributed by atoms with E-state index in [1.54, 1.807) is 18.2 Å². The summed E-state index contributed by atoms with van der Waals surface area (Å²) in [6.45, 7) is 1.51. The highest BCUT2D eigenvalue weighted by atomic mass is 16.7. The van der Waals surface area contributed by atoms with Crippen LogP contribution in [-0.4, -0.2) is 28.9 Å². The number of hydrogen-bond donors (Lipinski definition) is 2. The third kappa shape index (κ3) is 4.11. The molecule has 28 heavy (non-hydrogen) atoms. The number of amides is 1.